The Balaban J connectivity index is 2.02. The minimum Gasteiger partial charge on any atom is -0.369 e. The molecule has 92 valence electrons. The number of fused-ring (bicyclic) bond motifs is 1. The first-order chi connectivity index (χ1) is 8.65. The van der Waals surface area contributed by atoms with Gasteiger partial charge in [0.2, 0.25) is 5.91 Å². The van der Waals surface area contributed by atoms with Crippen LogP contribution in [-0.4, -0.2) is 15.9 Å². The molecule has 0 radical (unpaired) electrons. The van der Waals surface area contributed by atoms with Gasteiger partial charge in [-0.1, -0.05) is 0 Å². The number of primary amides is 1. The summed E-state index contributed by atoms with van der Waals surface area (Å²) in [4.78, 5) is 19.9. The van der Waals surface area contributed by atoms with Crippen molar-refractivity contribution in [2.24, 2.45) is 5.73 Å². The first kappa shape index (κ1) is 11.1. The van der Waals surface area contributed by atoms with Crippen LogP contribution in [0.25, 0.3) is 11.0 Å². The molecule has 1 aliphatic carbocycles. The number of carbonyl (C=O) groups is 1. The van der Waals surface area contributed by atoms with Crippen molar-refractivity contribution in [2.75, 3.05) is 0 Å². The lowest BCUT2D eigenvalue weighted by Gasteiger charge is -2.08. The van der Waals surface area contributed by atoms with E-state index in [4.69, 9.17) is 5.73 Å². The zero-order valence-electron chi connectivity index (χ0n) is 10.3. The molecule has 2 aromatic rings. The standard InChI is InChI=1S/C14H15N3O/c1-8(13(15)18)12-5-4-10-6-11(9-2-3-9)7-16-14(10)17-12/h4-9H,2-3H2,1H3,(H2,15,18). The van der Waals surface area contributed by atoms with Crippen LogP contribution < -0.4 is 5.73 Å². The average molecular weight is 241 g/mol. The number of hydrogen-bond acceptors (Lipinski definition) is 3. The lowest BCUT2D eigenvalue weighted by atomic mass is 10.1. The van der Waals surface area contributed by atoms with Gasteiger partial charge >= 0.3 is 0 Å². The van der Waals surface area contributed by atoms with E-state index in [9.17, 15) is 4.79 Å². The Labute approximate surface area is 105 Å². The van der Waals surface area contributed by atoms with Crippen molar-refractivity contribution in [3.05, 3.63) is 35.7 Å². The summed E-state index contributed by atoms with van der Waals surface area (Å²) in [5.74, 6) is -0.0538. The molecule has 0 aliphatic heterocycles. The molecule has 2 N–H and O–H groups in total. The van der Waals surface area contributed by atoms with E-state index in [1.54, 1.807) is 6.92 Å². The zero-order chi connectivity index (χ0) is 12.7. The third-order valence-corrected chi connectivity index (χ3v) is 3.50. The van der Waals surface area contributed by atoms with Crippen molar-refractivity contribution in [2.45, 2.75) is 31.6 Å². The highest BCUT2D eigenvalue weighted by atomic mass is 16.1. The van der Waals surface area contributed by atoms with Gasteiger partial charge in [0.15, 0.2) is 5.65 Å². The van der Waals surface area contributed by atoms with E-state index in [0.717, 1.165) is 5.39 Å². The summed E-state index contributed by atoms with van der Waals surface area (Å²) in [6, 6.07) is 5.97. The van der Waals surface area contributed by atoms with E-state index in [1.165, 1.54) is 18.4 Å². The molecule has 1 aliphatic rings. The summed E-state index contributed by atoms with van der Waals surface area (Å²) >= 11 is 0. The number of amides is 1. The summed E-state index contributed by atoms with van der Waals surface area (Å²) in [5, 5.41) is 1.03. The molecule has 4 nitrogen and oxygen atoms in total. The molecule has 4 heteroatoms. The third-order valence-electron chi connectivity index (χ3n) is 3.50. The summed E-state index contributed by atoms with van der Waals surface area (Å²) in [6.45, 7) is 1.76. The fourth-order valence-electron chi connectivity index (χ4n) is 2.07. The normalized spacial score (nSPS) is 16.7. The summed E-state index contributed by atoms with van der Waals surface area (Å²) in [6.07, 6.45) is 4.42. The van der Waals surface area contributed by atoms with Crippen LogP contribution in [0.1, 0.15) is 42.9 Å². The quantitative estimate of drug-likeness (QED) is 0.894. The van der Waals surface area contributed by atoms with E-state index in [2.05, 4.69) is 16.0 Å². The Kier molecular flexibility index (Phi) is 2.51. The first-order valence-corrected chi connectivity index (χ1v) is 6.21. The molecule has 0 spiro atoms. The molecule has 0 aromatic carbocycles. The van der Waals surface area contributed by atoms with Gasteiger partial charge in [-0.15, -0.1) is 0 Å². The van der Waals surface area contributed by atoms with Crippen LogP contribution in [-0.2, 0) is 4.79 Å². The average Bonchev–Trinajstić information content (AvgIpc) is 3.20. The largest absolute Gasteiger partial charge is 0.369 e. The Morgan fingerprint density at radius 3 is 2.89 bits per heavy atom. The second kappa shape index (κ2) is 4.05. The van der Waals surface area contributed by atoms with Crippen LogP contribution in [0.15, 0.2) is 24.4 Å². The van der Waals surface area contributed by atoms with Crippen molar-refractivity contribution in [3.63, 3.8) is 0 Å². The van der Waals surface area contributed by atoms with Gasteiger partial charge < -0.3 is 5.73 Å². The van der Waals surface area contributed by atoms with E-state index in [1.807, 2.05) is 18.3 Å². The Bertz CT molecular complexity index is 619. The molecule has 1 unspecified atom stereocenters. The van der Waals surface area contributed by atoms with Crippen molar-refractivity contribution >= 4 is 16.9 Å². The fourth-order valence-corrected chi connectivity index (χ4v) is 2.07. The fraction of sp³-hybridized carbons (Fsp3) is 0.357. The summed E-state index contributed by atoms with van der Waals surface area (Å²) < 4.78 is 0. The molecule has 2 aromatic heterocycles. The van der Waals surface area contributed by atoms with Gasteiger partial charge in [0.05, 0.1) is 11.6 Å². The number of hydrogen-bond donors (Lipinski definition) is 1. The van der Waals surface area contributed by atoms with Crippen molar-refractivity contribution in [1.29, 1.82) is 0 Å². The molecule has 18 heavy (non-hydrogen) atoms. The van der Waals surface area contributed by atoms with Crippen molar-refractivity contribution in [3.8, 4) is 0 Å². The van der Waals surface area contributed by atoms with Crippen LogP contribution >= 0.6 is 0 Å². The number of carbonyl (C=O) groups excluding carboxylic acids is 1. The van der Waals surface area contributed by atoms with Crippen LogP contribution in [0.2, 0.25) is 0 Å². The smallest absolute Gasteiger partial charge is 0.226 e. The van der Waals surface area contributed by atoms with Gasteiger partial charge in [-0.05, 0) is 49.4 Å². The molecule has 1 atom stereocenters. The highest BCUT2D eigenvalue weighted by Crippen LogP contribution is 2.40. The molecule has 1 saturated carbocycles. The first-order valence-electron chi connectivity index (χ1n) is 6.21. The lowest BCUT2D eigenvalue weighted by Crippen LogP contribution is -2.19. The van der Waals surface area contributed by atoms with Crippen LogP contribution in [0.3, 0.4) is 0 Å². The van der Waals surface area contributed by atoms with E-state index in [-0.39, 0.29) is 11.8 Å². The molecule has 2 heterocycles. The maximum Gasteiger partial charge on any atom is 0.226 e. The topological polar surface area (TPSA) is 68.9 Å². The van der Waals surface area contributed by atoms with Gasteiger partial charge in [-0.3, -0.25) is 4.79 Å². The molecular formula is C14H15N3O. The molecule has 1 amide bonds. The SMILES string of the molecule is CC(C(N)=O)c1ccc2cc(C3CC3)cnc2n1. The van der Waals surface area contributed by atoms with Gasteiger partial charge in [0.25, 0.3) is 0 Å². The van der Waals surface area contributed by atoms with Crippen LogP contribution in [0.5, 0.6) is 0 Å². The monoisotopic (exact) mass is 241 g/mol. The van der Waals surface area contributed by atoms with E-state index >= 15 is 0 Å². The minimum absolute atomic E-state index is 0.364. The molecule has 0 saturated heterocycles. The van der Waals surface area contributed by atoms with Crippen LogP contribution in [0.4, 0.5) is 0 Å². The number of nitrogens with two attached hydrogens (primary N) is 1. The predicted octanol–water partition coefficient (Wildman–Crippen LogP) is 2.10. The molecule has 0 bridgehead atoms. The summed E-state index contributed by atoms with van der Waals surface area (Å²) in [5.41, 5.74) is 7.94. The van der Waals surface area contributed by atoms with Gasteiger partial charge in [-0.25, -0.2) is 9.97 Å². The summed E-state index contributed by atoms with van der Waals surface area (Å²) in [7, 11) is 0. The second-order valence-corrected chi connectivity index (χ2v) is 4.95. The Hall–Kier alpha value is -1.97. The molecule has 3 rings (SSSR count). The number of pyridine rings is 2. The second-order valence-electron chi connectivity index (χ2n) is 4.95. The molecule has 1 fully saturated rings. The maximum absolute atomic E-state index is 11.1. The van der Waals surface area contributed by atoms with Gasteiger partial charge in [0, 0.05) is 11.6 Å². The highest BCUT2D eigenvalue weighted by molar-refractivity contribution is 5.82. The number of aromatic nitrogens is 2. The van der Waals surface area contributed by atoms with Crippen LogP contribution in [0, 0.1) is 0 Å². The third kappa shape index (κ3) is 1.94. The predicted molar refractivity (Wildman–Crippen MR) is 69.1 cm³/mol. The Morgan fingerprint density at radius 1 is 1.44 bits per heavy atom. The van der Waals surface area contributed by atoms with Crippen molar-refractivity contribution < 1.29 is 4.79 Å². The van der Waals surface area contributed by atoms with Gasteiger partial charge in [0.1, 0.15) is 0 Å². The number of nitrogens with zero attached hydrogens (tertiary/aromatic N) is 2. The number of rotatable bonds is 3. The molecular weight excluding hydrogens is 226 g/mol. The highest BCUT2D eigenvalue weighted by Gasteiger charge is 2.24. The zero-order valence-corrected chi connectivity index (χ0v) is 10.3. The van der Waals surface area contributed by atoms with Crippen molar-refractivity contribution in [1.82, 2.24) is 9.97 Å². The Morgan fingerprint density at radius 2 is 2.22 bits per heavy atom. The minimum atomic E-state index is -0.376. The van der Waals surface area contributed by atoms with Gasteiger partial charge in [-0.2, -0.15) is 0 Å². The maximum atomic E-state index is 11.1. The lowest BCUT2D eigenvalue weighted by molar-refractivity contribution is -0.119. The van der Waals surface area contributed by atoms with E-state index in [0.29, 0.717) is 17.3 Å². The van der Waals surface area contributed by atoms with E-state index < -0.39 is 0 Å².